The van der Waals surface area contributed by atoms with E-state index in [2.05, 4.69) is 43.1 Å². The Kier molecular flexibility index (Phi) is 9.84. The van der Waals surface area contributed by atoms with Crippen LogP contribution in [0.1, 0.15) is 37.1 Å². The Morgan fingerprint density at radius 2 is 2.08 bits per heavy atom. The van der Waals surface area contributed by atoms with Gasteiger partial charge in [0.25, 0.3) is 0 Å². The Labute approximate surface area is 176 Å². The number of rotatable bonds is 8. The van der Waals surface area contributed by atoms with Gasteiger partial charge in [0.2, 0.25) is 0 Å². The summed E-state index contributed by atoms with van der Waals surface area (Å²) in [5, 5.41) is 18.0. The summed E-state index contributed by atoms with van der Waals surface area (Å²) in [5.74, 6) is 2.55. The van der Waals surface area contributed by atoms with E-state index in [1.165, 1.54) is 0 Å². The Morgan fingerprint density at radius 3 is 2.65 bits per heavy atom. The number of nitrogens with one attached hydrogen (secondary N) is 2. The van der Waals surface area contributed by atoms with Gasteiger partial charge >= 0.3 is 0 Å². The molecule has 0 spiro atoms. The van der Waals surface area contributed by atoms with Crippen LogP contribution in [0.4, 0.5) is 5.13 Å². The molecule has 8 nitrogen and oxygen atoms in total. The lowest BCUT2D eigenvalue weighted by Crippen LogP contribution is -2.38. The van der Waals surface area contributed by atoms with Crippen LogP contribution in [0.25, 0.3) is 0 Å². The molecule has 0 amide bonds. The Morgan fingerprint density at radius 1 is 1.31 bits per heavy atom. The SMILES string of the molecule is CCCCNC(=NCc1csc(N(C)C)n1)NCc1nnc(C)n1C.I. The number of hydrogen-bond donors (Lipinski definition) is 2. The van der Waals surface area contributed by atoms with Crippen LogP contribution in [-0.4, -0.2) is 46.3 Å². The van der Waals surface area contributed by atoms with Gasteiger partial charge in [-0.15, -0.1) is 45.5 Å². The number of thiazole rings is 1. The largest absolute Gasteiger partial charge is 0.356 e. The molecule has 2 aromatic rings. The molecule has 2 N–H and O–H groups in total. The molecule has 0 aromatic carbocycles. The number of halogens is 1. The average molecular weight is 492 g/mol. The van der Waals surface area contributed by atoms with Gasteiger partial charge in [-0.25, -0.2) is 9.98 Å². The fourth-order valence-electron chi connectivity index (χ4n) is 2.06. The number of nitrogens with zero attached hydrogens (tertiary/aromatic N) is 6. The maximum absolute atomic E-state index is 4.65. The lowest BCUT2D eigenvalue weighted by atomic mass is 10.3. The molecular weight excluding hydrogens is 463 g/mol. The minimum atomic E-state index is 0. The van der Waals surface area contributed by atoms with E-state index in [9.17, 15) is 0 Å². The molecule has 0 radical (unpaired) electrons. The lowest BCUT2D eigenvalue weighted by Gasteiger charge is -2.12. The van der Waals surface area contributed by atoms with Gasteiger partial charge < -0.3 is 20.1 Å². The summed E-state index contributed by atoms with van der Waals surface area (Å²) < 4.78 is 1.97. The first-order valence-corrected chi connectivity index (χ1v) is 9.38. The topological polar surface area (TPSA) is 83.3 Å². The van der Waals surface area contributed by atoms with E-state index in [1.54, 1.807) is 11.3 Å². The summed E-state index contributed by atoms with van der Waals surface area (Å²) in [6, 6.07) is 0. The molecule has 0 aliphatic rings. The second kappa shape index (κ2) is 11.3. The first-order valence-electron chi connectivity index (χ1n) is 8.50. The molecule has 0 bridgehead atoms. The predicted molar refractivity (Wildman–Crippen MR) is 118 cm³/mol. The number of hydrogen-bond acceptors (Lipinski definition) is 6. The van der Waals surface area contributed by atoms with Gasteiger partial charge in [-0.05, 0) is 13.3 Å². The van der Waals surface area contributed by atoms with Crippen molar-refractivity contribution < 1.29 is 0 Å². The zero-order valence-electron chi connectivity index (χ0n) is 16.1. The van der Waals surface area contributed by atoms with E-state index in [-0.39, 0.29) is 24.0 Å². The Balaban J connectivity index is 0.00000338. The van der Waals surface area contributed by atoms with Crippen LogP contribution < -0.4 is 15.5 Å². The van der Waals surface area contributed by atoms with E-state index < -0.39 is 0 Å². The van der Waals surface area contributed by atoms with Gasteiger partial charge in [0.05, 0.1) is 18.8 Å². The van der Waals surface area contributed by atoms with E-state index in [4.69, 9.17) is 0 Å². The molecule has 0 fully saturated rings. The third-order valence-corrected chi connectivity index (χ3v) is 4.80. The summed E-state index contributed by atoms with van der Waals surface area (Å²) in [6.45, 7) is 6.13. The summed E-state index contributed by atoms with van der Waals surface area (Å²) in [5.41, 5.74) is 0.972. The van der Waals surface area contributed by atoms with Gasteiger partial charge in [-0.1, -0.05) is 13.3 Å². The number of guanidine groups is 1. The smallest absolute Gasteiger partial charge is 0.192 e. The fourth-order valence-corrected chi connectivity index (χ4v) is 2.81. The minimum Gasteiger partial charge on any atom is -0.356 e. The van der Waals surface area contributed by atoms with E-state index in [0.717, 1.165) is 47.8 Å². The van der Waals surface area contributed by atoms with E-state index in [0.29, 0.717) is 13.1 Å². The average Bonchev–Trinajstić information content (AvgIpc) is 3.18. The van der Waals surface area contributed by atoms with Gasteiger partial charge in [0.15, 0.2) is 16.9 Å². The second-order valence-electron chi connectivity index (χ2n) is 6.04. The maximum atomic E-state index is 4.65. The predicted octanol–water partition coefficient (Wildman–Crippen LogP) is 2.30. The van der Waals surface area contributed by atoms with Crippen molar-refractivity contribution in [3.8, 4) is 0 Å². The van der Waals surface area contributed by atoms with Crippen molar-refractivity contribution in [1.29, 1.82) is 0 Å². The van der Waals surface area contributed by atoms with Crippen LogP contribution in [0.15, 0.2) is 10.4 Å². The number of anilines is 1. The molecule has 0 aliphatic heterocycles. The minimum absolute atomic E-state index is 0. The van der Waals surface area contributed by atoms with Crippen LogP contribution in [-0.2, 0) is 20.1 Å². The molecule has 146 valence electrons. The number of aryl methyl sites for hydroxylation is 1. The molecule has 0 atom stereocenters. The van der Waals surface area contributed by atoms with Gasteiger partial charge in [0.1, 0.15) is 5.82 Å². The Hall–Kier alpha value is -1.43. The van der Waals surface area contributed by atoms with Crippen LogP contribution in [0.2, 0.25) is 0 Å². The van der Waals surface area contributed by atoms with Crippen molar-refractivity contribution in [2.75, 3.05) is 25.5 Å². The highest BCUT2D eigenvalue weighted by atomic mass is 127. The Bertz CT molecular complexity index is 694. The van der Waals surface area contributed by atoms with Crippen molar-refractivity contribution in [2.24, 2.45) is 12.0 Å². The number of aromatic nitrogens is 4. The number of aliphatic imine (C=N–C) groups is 1. The zero-order chi connectivity index (χ0) is 18.2. The third kappa shape index (κ3) is 6.71. The third-order valence-electron chi connectivity index (χ3n) is 3.74. The molecule has 26 heavy (non-hydrogen) atoms. The van der Waals surface area contributed by atoms with Crippen LogP contribution in [0.3, 0.4) is 0 Å². The normalized spacial score (nSPS) is 11.2. The number of unbranched alkanes of at least 4 members (excludes halogenated alkanes) is 1. The second-order valence-corrected chi connectivity index (χ2v) is 6.87. The molecule has 10 heteroatoms. The van der Waals surface area contributed by atoms with Crippen molar-refractivity contribution >= 4 is 46.4 Å². The van der Waals surface area contributed by atoms with Crippen molar-refractivity contribution in [2.45, 2.75) is 39.8 Å². The summed E-state index contributed by atoms with van der Waals surface area (Å²) in [6.07, 6.45) is 2.24. The fraction of sp³-hybridized carbons (Fsp3) is 0.625. The summed E-state index contributed by atoms with van der Waals surface area (Å²) in [4.78, 5) is 11.2. The molecule has 2 aromatic heterocycles. The summed E-state index contributed by atoms with van der Waals surface area (Å²) in [7, 11) is 5.95. The molecule has 0 saturated heterocycles. The first kappa shape index (κ1) is 22.6. The highest BCUT2D eigenvalue weighted by molar-refractivity contribution is 14.0. The monoisotopic (exact) mass is 492 g/mol. The molecular formula is C16H29IN8S. The van der Waals surface area contributed by atoms with Gasteiger partial charge in [0, 0.05) is 33.1 Å². The van der Waals surface area contributed by atoms with Gasteiger partial charge in [-0.2, -0.15) is 0 Å². The molecule has 0 unspecified atom stereocenters. The summed E-state index contributed by atoms with van der Waals surface area (Å²) >= 11 is 1.63. The van der Waals surface area contributed by atoms with E-state index >= 15 is 0 Å². The molecule has 0 aliphatic carbocycles. The lowest BCUT2D eigenvalue weighted by molar-refractivity contribution is 0.695. The standard InChI is InChI=1S/C16H28N8S.HI/c1-6-7-8-17-15(19-10-14-22-21-12(2)24(14)5)18-9-13-11-25-16(20-13)23(3)4;/h11H,6-10H2,1-5H3,(H2,17,18,19);1H. The first-order chi connectivity index (χ1) is 12.0. The van der Waals surface area contributed by atoms with E-state index in [1.807, 2.05) is 37.5 Å². The van der Waals surface area contributed by atoms with Crippen molar-refractivity contribution in [1.82, 2.24) is 30.4 Å². The van der Waals surface area contributed by atoms with Crippen LogP contribution >= 0.6 is 35.3 Å². The van der Waals surface area contributed by atoms with Crippen molar-refractivity contribution in [3.63, 3.8) is 0 Å². The molecule has 0 saturated carbocycles. The van der Waals surface area contributed by atoms with Crippen molar-refractivity contribution in [3.05, 3.63) is 22.7 Å². The zero-order valence-corrected chi connectivity index (χ0v) is 19.3. The highest BCUT2D eigenvalue weighted by Gasteiger charge is 2.07. The van der Waals surface area contributed by atoms with Crippen LogP contribution in [0, 0.1) is 6.92 Å². The molecule has 2 rings (SSSR count). The maximum Gasteiger partial charge on any atom is 0.192 e. The van der Waals surface area contributed by atoms with Gasteiger partial charge in [-0.3, -0.25) is 0 Å². The quantitative estimate of drug-likeness (QED) is 0.255. The highest BCUT2D eigenvalue weighted by Crippen LogP contribution is 2.18. The molecule has 2 heterocycles. The van der Waals surface area contributed by atoms with Crippen LogP contribution in [0.5, 0.6) is 0 Å².